The first-order chi connectivity index (χ1) is 9.85. The van der Waals surface area contributed by atoms with Crippen LogP contribution in [0.2, 0.25) is 0 Å². The van der Waals surface area contributed by atoms with E-state index in [1.807, 2.05) is 6.92 Å². The summed E-state index contributed by atoms with van der Waals surface area (Å²) in [5, 5.41) is 3.03. The Morgan fingerprint density at radius 3 is 2.62 bits per heavy atom. The number of nitrogens with one attached hydrogen (secondary N) is 1. The van der Waals surface area contributed by atoms with Crippen LogP contribution in [0.3, 0.4) is 0 Å². The summed E-state index contributed by atoms with van der Waals surface area (Å²) >= 11 is 1.80. The molecule has 6 nitrogen and oxygen atoms in total. The van der Waals surface area contributed by atoms with Gasteiger partial charge in [0.2, 0.25) is 16.0 Å². The van der Waals surface area contributed by atoms with Gasteiger partial charge in [0.1, 0.15) is 4.90 Å². The molecule has 1 aromatic heterocycles. The SMILES string of the molecule is CCCNc1ncc(S(=O)(=O)N2CCSC(C)(C)C2)cn1. The topological polar surface area (TPSA) is 75.2 Å². The van der Waals surface area contributed by atoms with Crippen LogP contribution in [0.1, 0.15) is 27.2 Å². The molecule has 0 aliphatic carbocycles. The maximum Gasteiger partial charge on any atom is 0.246 e. The van der Waals surface area contributed by atoms with Crippen LogP contribution in [0.5, 0.6) is 0 Å². The lowest BCUT2D eigenvalue weighted by molar-refractivity contribution is 0.387. The van der Waals surface area contributed by atoms with Crippen LogP contribution < -0.4 is 5.32 Å². The third-order valence-electron chi connectivity index (χ3n) is 3.19. The van der Waals surface area contributed by atoms with E-state index in [4.69, 9.17) is 0 Å². The summed E-state index contributed by atoms with van der Waals surface area (Å²) in [7, 11) is -3.50. The molecule has 8 heteroatoms. The van der Waals surface area contributed by atoms with Crippen molar-refractivity contribution in [3.63, 3.8) is 0 Å². The lowest BCUT2D eigenvalue weighted by atomic mass is 10.2. The molecule has 21 heavy (non-hydrogen) atoms. The lowest BCUT2D eigenvalue weighted by Crippen LogP contribution is -2.46. The molecule has 1 aliphatic rings. The van der Waals surface area contributed by atoms with Gasteiger partial charge in [-0.2, -0.15) is 16.1 Å². The molecule has 0 bridgehead atoms. The lowest BCUT2D eigenvalue weighted by Gasteiger charge is -2.36. The van der Waals surface area contributed by atoms with Crippen molar-refractivity contribution in [3.05, 3.63) is 12.4 Å². The highest BCUT2D eigenvalue weighted by molar-refractivity contribution is 8.00. The highest BCUT2D eigenvalue weighted by Crippen LogP contribution is 2.32. The Morgan fingerprint density at radius 1 is 1.38 bits per heavy atom. The number of hydrogen-bond donors (Lipinski definition) is 1. The second-order valence-electron chi connectivity index (χ2n) is 5.62. The Bertz CT molecular complexity index is 572. The average Bonchev–Trinajstić information content (AvgIpc) is 2.44. The van der Waals surface area contributed by atoms with Gasteiger partial charge in [0, 0.05) is 30.1 Å². The second kappa shape index (κ2) is 6.50. The molecule has 1 aliphatic heterocycles. The molecule has 1 saturated heterocycles. The van der Waals surface area contributed by atoms with Crippen LogP contribution in [0.25, 0.3) is 0 Å². The van der Waals surface area contributed by atoms with E-state index in [9.17, 15) is 8.42 Å². The van der Waals surface area contributed by atoms with Crippen molar-refractivity contribution in [3.8, 4) is 0 Å². The van der Waals surface area contributed by atoms with Crippen molar-refractivity contribution in [1.82, 2.24) is 14.3 Å². The van der Waals surface area contributed by atoms with Crippen LogP contribution in [0.4, 0.5) is 5.95 Å². The normalized spacial score (nSPS) is 19.4. The molecule has 1 aromatic rings. The smallest absolute Gasteiger partial charge is 0.246 e. The molecule has 1 N–H and O–H groups in total. The van der Waals surface area contributed by atoms with Crippen molar-refractivity contribution in [2.24, 2.45) is 0 Å². The Hall–Kier alpha value is -0.860. The van der Waals surface area contributed by atoms with Gasteiger partial charge in [-0.1, -0.05) is 6.92 Å². The zero-order valence-electron chi connectivity index (χ0n) is 12.7. The van der Waals surface area contributed by atoms with E-state index in [-0.39, 0.29) is 9.64 Å². The molecule has 0 radical (unpaired) electrons. The minimum atomic E-state index is -3.50. The van der Waals surface area contributed by atoms with E-state index < -0.39 is 10.0 Å². The van der Waals surface area contributed by atoms with Gasteiger partial charge in [0.25, 0.3) is 0 Å². The number of thioether (sulfide) groups is 1. The largest absolute Gasteiger partial charge is 0.354 e. The number of sulfonamides is 1. The summed E-state index contributed by atoms with van der Waals surface area (Å²) in [5.74, 6) is 1.27. The molecule has 0 aromatic carbocycles. The minimum absolute atomic E-state index is 0.0607. The van der Waals surface area contributed by atoms with Gasteiger partial charge >= 0.3 is 0 Å². The summed E-state index contributed by atoms with van der Waals surface area (Å²) in [6.07, 6.45) is 3.73. The fourth-order valence-corrected chi connectivity index (χ4v) is 4.91. The monoisotopic (exact) mass is 330 g/mol. The van der Waals surface area contributed by atoms with Crippen molar-refractivity contribution in [2.45, 2.75) is 36.8 Å². The number of aromatic nitrogens is 2. The van der Waals surface area contributed by atoms with E-state index in [2.05, 4.69) is 29.1 Å². The van der Waals surface area contributed by atoms with Crippen molar-refractivity contribution >= 4 is 27.7 Å². The number of hydrogen-bond acceptors (Lipinski definition) is 6. The molecule has 0 amide bonds. The first-order valence-corrected chi connectivity index (χ1v) is 9.48. The Balaban J connectivity index is 2.15. The molecule has 0 atom stereocenters. The predicted molar refractivity (Wildman–Crippen MR) is 86.1 cm³/mol. The molecule has 0 saturated carbocycles. The Labute approximate surface area is 130 Å². The standard InChI is InChI=1S/C13H22N4O2S2/c1-4-5-14-12-15-8-11(9-16-12)21(18,19)17-6-7-20-13(2,3)10-17/h8-9H,4-7,10H2,1-3H3,(H,14,15,16). The van der Waals surface area contributed by atoms with Crippen molar-refractivity contribution in [2.75, 3.05) is 30.7 Å². The van der Waals surface area contributed by atoms with Crippen LogP contribution in [-0.2, 0) is 10.0 Å². The van der Waals surface area contributed by atoms with Crippen molar-refractivity contribution < 1.29 is 8.42 Å². The fourth-order valence-electron chi connectivity index (χ4n) is 2.10. The van der Waals surface area contributed by atoms with E-state index >= 15 is 0 Å². The van der Waals surface area contributed by atoms with Gasteiger partial charge in [0.15, 0.2) is 0 Å². The van der Waals surface area contributed by atoms with E-state index in [0.717, 1.165) is 18.7 Å². The maximum absolute atomic E-state index is 12.6. The number of nitrogens with zero attached hydrogens (tertiary/aromatic N) is 3. The molecule has 1 fully saturated rings. The molecular formula is C13H22N4O2S2. The highest BCUT2D eigenvalue weighted by Gasteiger charge is 2.34. The quantitative estimate of drug-likeness (QED) is 0.887. The van der Waals surface area contributed by atoms with Crippen LogP contribution in [-0.4, -0.2) is 52.8 Å². The average molecular weight is 330 g/mol. The summed E-state index contributed by atoms with van der Waals surface area (Å²) in [5.41, 5.74) is 0. The first kappa shape index (κ1) is 16.5. The van der Waals surface area contributed by atoms with E-state index in [1.54, 1.807) is 11.8 Å². The summed E-state index contributed by atoms with van der Waals surface area (Å²) in [6.45, 7) is 7.98. The van der Waals surface area contributed by atoms with Crippen LogP contribution >= 0.6 is 11.8 Å². The van der Waals surface area contributed by atoms with Gasteiger partial charge in [-0.25, -0.2) is 18.4 Å². The zero-order valence-corrected chi connectivity index (χ0v) is 14.3. The summed E-state index contributed by atoms with van der Waals surface area (Å²) in [6, 6.07) is 0. The third-order valence-corrected chi connectivity index (χ3v) is 6.28. The summed E-state index contributed by atoms with van der Waals surface area (Å²) < 4.78 is 26.7. The van der Waals surface area contributed by atoms with E-state index in [1.165, 1.54) is 16.7 Å². The molecule has 0 spiro atoms. The van der Waals surface area contributed by atoms with Crippen LogP contribution in [0.15, 0.2) is 17.3 Å². The van der Waals surface area contributed by atoms with Gasteiger partial charge in [-0.3, -0.25) is 0 Å². The minimum Gasteiger partial charge on any atom is -0.354 e. The van der Waals surface area contributed by atoms with E-state index in [0.29, 0.717) is 19.0 Å². The zero-order chi connectivity index (χ0) is 15.5. The predicted octanol–water partition coefficient (Wildman–Crippen LogP) is 1.81. The summed E-state index contributed by atoms with van der Waals surface area (Å²) in [4.78, 5) is 8.32. The van der Waals surface area contributed by atoms with Gasteiger partial charge in [0.05, 0.1) is 12.4 Å². The van der Waals surface area contributed by atoms with Crippen molar-refractivity contribution in [1.29, 1.82) is 0 Å². The van der Waals surface area contributed by atoms with Gasteiger partial charge in [-0.15, -0.1) is 0 Å². The third kappa shape index (κ3) is 4.08. The fraction of sp³-hybridized carbons (Fsp3) is 0.692. The first-order valence-electron chi connectivity index (χ1n) is 7.05. The molecule has 118 valence electrons. The number of anilines is 1. The Morgan fingerprint density at radius 2 is 2.05 bits per heavy atom. The van der Waals surface area contributed by atoms with Gasteiger partial charge in [-0.05, 0) is 20.3 Å². The number of rotatable bonds is 5. The second-order valence-corrected chi connectivity index (χ2v) is 9.36. The van der Waals surface area contributed by atoms with Gasteiger partial charge < -0.3 is 5.32 Å². The molecule has 2 rings (SSSR count). The molecule has 0 unspecified atom stereocenters. The molecular weight excluding hydrogens is 308 g/mol. The molecule has 2 heterocycles. The maximum atomic E-state index is 12.6. The Kier molecular flexibility index (Phi) is 5.11. The van der Waals surface area contributed by atoms with Crippen LogP contribution in [0, 0.1) is 0 Å². The highest BCUT2D eigenvalue weighted by atomic mass is 32.2.